The molecule has 30 heavy (non-hydrogen) atoms. The number of pyridine rings is 1. The number of rotatable bonds is 3. The normalized spacial score (nSPS) is 18.4. The van der Waals surface area contributed by atoms with Crippen LogP contribution in [0.1, 0.15) is 28.4 Å². The van der Waals surface area contributed by atoms with Gasteiger partial charge < -0.3 is 10.6 Å². The zero-order valence-electron chi connectivity index (χ0n) is 16.3. The second-order valence-corrected chi connectivity index (χ2v) is 9.10. The molecule has 11 heteroatoms. The first-order chi connectivity index (χ1) is 13.9. The number of sulfonamides is 1. The number of aromatic nitrogens is 1. The minimum absolute atomic E-state index is 0.0243. The molecule has 0 unspecified atom stereocenters. The molecule has 0 spiro atoms. The summed E-state index contributed by atoms with van der Waals surface area (Å²) in [5.74, 6) is 0.0386. The highest BCUT2D eigenvalue weighted by Gasteiger charge is 2.36. The maximum Gasteiger partial charge on any atom is 0.416 e. The SMILES string of the molecule is Cc1cc(C(=O)N2CCN(S(=O)(=O)c3ccc(C(F)(F)F)cc3)C[C@@H]2C)cnc1N. The number of halogens is 3. The zero-order chi connectivity index (χ0) is 22.3. The number of hydrogen-bond donors (Lipinski definition) is 1. The number of carbonyl (C=O) groups is 1. The van der Waals surface area contributed by atoms with Crippen LogP contribution in [0.15, 0.2) is 41.4 Å². The van der Waals surface area contributed by atoms with Gasteiger partial charge in [0.1, 0.15) is 5.82 Å². The Morgan fingerprint density at radius 3 is 2.37 bits per heavy atom. The number of alkyl halides is 3. The number of nitrogen functional groups attached to an aromatic ring is 1. The van der Waals surface area contributed by atoms with E-state index in [-0.39, 0.29) is 30.4 Å². The van der Waals surface area contributed by atoms with Crippen molar-refractivity contribution < 1.29 is 26.4 Å². The molecule has 1 saturated heterocycles. The van der Waals surface area contributed by atoms with Gasteiger partial charge in [0.15, 0.2) is 0 Å². The van der Waals surface area contributed by atoms with Crippen LogP contribution < -0.4 is 5.73 Å². The summed E-state index contributed by atoms with van der Waals surface area (Å²) >= 11 is 0. The second-order valence-electron chi connectivity index (χ2n) is 7.16. The molecule has 1 aromatic carbocycles. The number of piperazine rings is 1. The summed E-state index contributed by atoms with van der Waals surface area (Å²) in [5.41, 5.74) is 5.78. The third kappa shape index (κ3) is 4.26. The lowest BCUT2D eigenvalue weighted by Gasteiger charge is -2.39. The Hall–Kier alpha value is -2.66. The van der Waals surface area contributed by atoms with E-state index in [2.05, 4.69) is 4.98 Å². The van der Waals surface area contributed by atoms with Gasteiger partial charge in [0.05, 0.1) is 16.0 Å². The van der Waals surface area contributed by atoms with Gasteiger partial charge in [-0.15, -0.1) is 0 Å². The maximum absolute atomic E-state index is 12.8. The van der Waals surface area contributed by atoms with E-state index in [9.17, 15) is 26.4 Å². The van der Waals surface area contributed by atoms with Crippen LogP contribution in [0, 0.1) is 6.92 Å². The van der Waals surface area contributed by atoms with Crippen LogP contribution in [-0.4, -0.2) is 54.2 Å². The third-order valence-corrected chi connectivity index (χ3v) is 6.92. The van der Waals surface area contributed by atoms with Crippen molar-refractivity contribution in [2.45, 2.75) is 31.0 Å². The molecule has 2 N–H and O–H groups in total. The molecule has 0 saturated carbocycles. The van der Waals surface area contributed by atoms with Gasteiger partial charge in [0.25, 0.3) is 5.91 Å². The number of nitrogens with two attached hydrogens (primary N) is 1. The highest BCUT2D eigenvalue weighted by molar-refractivity contribution is 7.89. The van der Waals surface area contributed by atoms with Crippen molar-refractivity contribution in [2.75, 3.05) is 25.4 Å². The predicted octanol–water partition coefficient (Wildman–Crippen LogP) is 2.53. The van der Waals surface area contributed by atoms with Gasteiger partial charge in [0, 0.05) is 31.9 Å². The summed E-state index contributed by atoms with van der Waals surface area (Å²) in [6.07, 6.45) is -3.17. The van der Waals surface area contributed by atoms with E-state index in [0.717, 1.165) is 24.3 Å². The van der Waals surface area contributed by atoms with E-state index in [0.29, 0.717) is 16.9 Å². The smallest absolute Gasteiger partial charge is 0.383 e. The number of amides is 1. The Labute approximate surface area is 172 Å². The topological polar surface area (TPSA) is 96.6 Å². The maximum atomic E-state index is 12.8. The minimum atomic E-state index is -4.54. The Balaban J connectivity index is 1.75. The van der Waals surface area contributed by atoms with E-state index in [1.165, 1.54) is 10.5 Å². The average molecular weight is 442 g/mol. The summed E-state index contributed by atoms with van der Waals surface area (Å²) < 4.78 is 65.0. The van der Waals surface area contributed by atoms with E-state index < -0.39 is 27.8 Å². The van der Waals surface area contributed by atoms with E-state index in [1.807, 2.05) is 0 Å². The van der Waals surface area contributed by atoms with Crippen molar-refractivity contribution in [1.82, 2.24) is 14.2 Å². The van der Waals surface area contributed by atoms with Crippen molar-refractivity contribution in [1.29, 1.82) is 0 Å². The Bertz CT molecular complexity index is 1060. The molecule has 2 aromatic rings. The first-order valence-electron chi connectivity index (χ1n) is 9.12. The summed E-state index contributed by atoms with van der Waals surface area (Å²) in [7, 11) is -3.98. The predicted molar refractivity (Wildman–Crippen MR) is 104 cm³/mol. The first-order valence-corrected chi connectivity index (χ1v) is 10.6. The molecule has 3 rings (SSSR count). The molecule has 1 atom stereocenters. The highest BCUT2D eigenvalue weighted by Crippen LogP contribution is 2.30. The number of benzene rings is 1. The lowest BCUT2D eigenvalue weighted by atomic mass is 10.1. The third-order valence-electron chi connectivity index (χ3n) is 5.04. The van der Waals surface area contributed by atoms with Crippen LogP contribution in [-0.2, 0) is 16.2 Å². The molecular weight excluding hydrogens is 421 g/mol. The number of hydrogen-bond acceptors (Lipinski definition) is 5. The summed E-state index contributed by atoms with van der Waals surface area (Å²) in [6.45, 7) is 3.64. The van der Waals surface area contributed by atoms with E-state index in [1.54, 1.807) is 24.8 Å². The molecule has 0 radical (unpaired) electrons. The molecule has 1 aliphatic rings. The largest absolute Gasteiger partial charge is 0.416 e. The lowest BCUT2D eigenvalue weighted by Crippen LogP contribution is -2.55. The molecular formula is C19H21F3N4O3S. The van der Waals surface area contributed by atoms with Crippen molar-refractivity contribution in [3.8, 4) is 0 Å². The number of aryl methyl sites for hydroxylation is 1. The summed E-state index contributed by atoms with van der Waals surface area (Å²) in [6, 6.07) is 4.57. The van der Waals surface area contributed by atoms with E-state index >= 15 is 0 Å². The molecule has 162 valence electrons. The van der Waals surface area contributed by atoms with Crippen LogP contribution >= 0.6 is 0 Å². The molecule has 1 aliphatic heterocycles. The fourth-order valence-corrected chi connectivity index (χ4v) is 4.79. The Kier molecular flexibility index (Phi) is 5.79. The number of carbonyl (C=O) groups excluding carboxylic acids is 1. The molecule has 1 amide bonds. The van der Waals surface area contributed by atoms with Gasteiger partial charge in [-0.1, -0.05) is 0 Å². The molecule has 2 heterocycles. The Morgan fingerprint density at radius 1 is 1.20 bits per heavy atom. The van der Waals surface area contributed by atoms with Gasteiger partial charge in [-0.05, 0) is 49.7 Å². The first kappa shape index (κ1) is 22.0. The zero-order valence-corrected chi connectivity index (χ0v) is 17.2. The average Bonchev–Trinajstić information content (AvgIpc) is 2.69. The molecule has 1 fully saturated rings. The van der Waals surface area contributed by atoms with Crippen molar-refractivity contribution in [3.05, 3.63) is 53.2 Å². The standard InChI is InChI=1S/C19H21F3N4O3S/c1-12-9-14(10-24-17(12)23)18(27)26-8-7-25(11-13(26)2)30(28,29)16-5-3-15(4-6-16)19(20,21)22/h3-6,9-10,13H,7-8,11H2,1-2H3,(H2,23,24)/t13-/m0/s1. The van der Waals surface area contributed by atoms with Gasteiger partial charge in [-0.2, -0.15) is 17.5 Å². The van der Waals surface area contributed by atoms with Crippen LogP contribution in [0.3, 0.4) is 0 Å². The summed E-state index contributed by atoms with van der Waals surface area (Å²) in [4.78, 5) is 18.1. The van der Waals surface area contributed by atoms with Gasteiger partial charge in [-0.3, -0.25) is 4.79 Å². The van der Waals surface area contributed by atoms with Crippen LogP contribution in [0.4, 0.5) is 19.0 Å². The molecule has 1 aromatic heterocycles. The molecule has 0 aliphatic carbocycles. The van der Waals surface area contributed by atoms with Crippen LogP contribution in [0.5, 0.6) is 0 Å². The fourth-order valence-electron chi connectivity index (χ4n) is 3.28. The fraction of sp³-hybridized carbons (Fsp3) is 0.368. The Morgan fingerprint density at radius 2 is 1.83 bits per heavy atom. The van der Waals surface area contributed by atoms with Crippen molar-refractivity contribution >= 4 is 21.7 Å². The van der Waals surface area contributed by atoms with Gasteiger partial charge >= 0.3 is 6.18 Å². The van der Waals surface area contributed by atoms with Crippen LogP contribution in [0.25, 0.3) is 0 Å². The number of anilines is 1. The van der Waals surface area contributed by atoms with Gasteiger partial charge in [-0.25, -0.2) is 13.4 Å². The second kappa shape index (κ2) is 7.88. The van der Waals surface area contributed by atoms with Crippen molar-refractivity contribution in [2.24, 2.45) is 0 Å². The van der Waals surface area contributed by atoms with E-state index in [4.69, 9.17) is 5.73 Å². The quantitative estimate of drug-likeness (QED) is 0.788. The van der Waals surface area contributed by atoms with Crippen LogP contribution in [0.2, 0.25) is 0 Å². The molecule has 0 bridgehead atoms. The molecule has 7 nitrogen and oxygen atoms in total. The van der Waals surface area contributed by atoms with Gasteiger partial charge in [0.2, 0.25) is 10.0 Å². The minimum Gasteiger partial charge on any atom is -0.383 e. The van der Waals surface area contributed by atoms with Crippen molar-refractivity contribution in [3.63, 3.8) is 0 Å². The highest BCUT2D eigenvalue weighted by atomic mass is 32.2. The lowest BCUT2D eigenvalue weighted by molar-refractivity contribution is -0.137. The monoisotopic (exact) mass is 442 g/mol. The number of nitrogens with zero attached hydrogens (tertiary/aromatic N) is 3. The summed E-state index contributed by atoms with van der Waals surface area (Å²) in [5, 5.41) is 0.